The molecule has 0 amide bonds. The molecule has 0 bridgehead atoms. The Morgan fingerprint density at radius 3 is 2.63 bits per heavy atom. The zero-order valence-electron chi connectivity index (χ0n) is 17.2. The Morgan fingerprint density at radius 2 is 1.87 bits per heavy atom. The number of hydrogen-bond donors (Lipinski definition) is 2. The number of piperazine rings is 1. The summed E-state index contributed by atoms with van der Waals surface area (Å²) >= 11 is 6.03. The van der Waals surface area contributed by atoms with E-state index >= 15 is 0 Å². The minimum Gasteiger partial charge on any atom is -0.396 e. The van der Waals surface area contributed by atoms with Crippen LogP contribution in [0.2, 0.25) is 5.02 Å². The van der Waals surface area contributed by atoms with Crippen LogP contribution < -0.4 is 0 Å². The Bertz CT molecular complexity index is 912. The van der Waals surface area contributed by atoms with Crippen LogP contribution in [0.5, 0.6) is 0 Å². The average molecular weight is 425 g/mol. The Kier molecular flexibility index (Phi) is 7.18. The Labute approximate surface area is 183 Å². The summed E-state index contributed by atoms with van der Waals surface area (Å²) in [5.41, 5.74) is 4.71. The first kappa shape index (κ1) is 21.1. The maximum Gasteiger partial charge on any atom is 0.0695 e. The Balaban J connectivity index is 1.39. The molecule has 2 heterocycles. The van der Waals surface area contributed by atoms with Gasteiger partial charge in [-0.15, -0.1) is 0 Å². The minimum absolute atomic E-state index is 0.224. The second-order valence-electron chi connectivity index (χ2n) is 7.95. The zero-order chi connectivity index (χ0) is 20.8. The van der Waals surface area contributed by atoms with Crippen molar-refractivity contribution in [1.29, 1.82) is 0 Å². The van der Waals surface area contributed by atoms with Crippen molar-refractivity contribution >= 4 is 11.6 Å². The van der Waals surface area contributed by atoms with E-state index in [0.717, 1.165) is 61.8 Å². The van der Waals surface area contributed by atoms with Crippen LogP contribution in [0.3, 0.4) is 0 Å². The number of nitrogens with zero attached hydrogens (tertiary/aromatic N) is 3. The number of benzene rings is 2. The van der Waals surface area contributed by atoms with Crippen molar-refractivity contribution in [3.05, 3.63) is 76.9 Å². The number of aliphatic hydroxyl groups excluding tert-OH is 1. The first-order chi connectivity index (χ1) is 14.7. The summed E-state index contributed by atoms with van der Waals surface area (Å²) in [5.74, 6) is 0. The van der Waals surface area contributed by atoms with E-state index in [-0.39, 0.29) is 6.61 Å². The summed E-state index contributed by atoms with van der Waals surface area (Å²) in [5, 5.41) is 17.8. The number of nitrogens with one attached hydrogen (secondary N) is 1. The fraction of sp³-hybridized carbons (Fsp3) is 0.375. The molecular formula is C24H29ClN4O. The topological polar surface area (TPSA) is 55.4 Å². The maximum absolute atomic E-state index is 9.61. The van der Waals surface area contributed by atoms with Crippen molar-refractivity contribution in [1.82, 2.24) is 20.0 Å². The molecule has 1 aromatic heterocycles. The summed E-state index contributed by atoms with van der Waals surface area (Å²) in [6.45, 7) is 5.10. The van der Waals surface area contributed by atoms with Crippen molar-refractivity contribution in [3.63, 3.8) is 0 Å². The molecule has 0 radical (unpaired) electrons. The molecule has 3 aromatic rings. The smallest absolute Gasteiger partial charge is 0.0695 e. The first-order valence-corrected chi connectivity index (χ1v) is 11.0. The van der Waals surface area contributed by atoms with Crippen LogP contribution in [-0.2, 0) is 13.0 Å². The van der Waals surface area contributed by atoms with E-state index in [4.69, 9.17) is 11.6 Å². The van der Waals surface area contributed by atoms with E-state index in [2.05, 4.69) is 50.3 Å². The highest BCUT2D eigenvalue weighted by molar-refractivity contribution is 6.30. The van der Waals surface area contributed by atoms with Crippen molar-refractivity contribution < 1.29 is 5.11 Å². The van der Waals surface area contributed by atoms with Gasteiger partial charge in [-0.25, -0.2) is 0 Å². The van der Waals surface area contributed by atoms with E-state index in [9.17, 15) is 5.11 Å². The van der Waals surface area contributed by atoms with Crippen LogP contribution in [-0.4, -0.2) is 63.9 Å². The van der Waals surface area contributed by atoms with Gasteiger partial charge in [0.25, 0.3) is 0 Å². The van der Waals surface area contributed by atoms with Crippen molar-refractivity contribution in [2.24, 2.45) is 0 Å². The van der Waals surface area contributed by atoms with Crippen LogP contribution >= 0.6 is 11.6 Å². The van der Waals surface area contributed by atoms with Crippen molar-refractivity contribution in [3.8, 4) is 11.3 Å². The molecule has 30 heavy (non-hydrogen) atoms. The number of H-pyrrole nitrogens is 1. The van der Waals surface area contributed by atoms with E-state index in [1.54, 1.807) is 0 Å². The summed E-state index contributed by atoms with van der Waals surface area (Å²) < 4.78 is 0. The summed E-state index contributed by atoms with van der Waals surface area (Å²) in [6.07, 6.45) is 3.78. The van der Waals surface area contributed by atoms with Gasteiger partial charge in [0.05, 0.1) is 11.9 Å². The first-order valence-electron chi connectivity index (χ1n) is 10.6. The highest BCUT2D eigenvalue weighted by Gasteiger charge is 2.27. The second kappa shape index (κ2) is 10.2. The molecule has 2 aromatic carbocycles. The van der Waals surface area contributed by atoms with E-state index in [0.29, 0.717) is 6.04 Å². The number of hydrogen-bond acceptors (Lipinski definition) is 4. The highest BCUT2D eigenvalue weighted by atomic mass is 35.5. The monoisotopic (exact) mass is 424 g/mol. The molecule has 1 aliphatic rings. The number of rotatable bonds is 8. The lowest BCUT2D eigenvalue weighted by Crippen LogP contribution is -2.53. The zero-order valence-corrected chi connectivity index (χ0v) is 17.9. The number of aromatic nitrogens is 2. The van der Waals surface area contributed by atoms with Gasteiger partial charge in [-0.2, -0.15) is 5.10 Å². The molecule has 0 unspecified atom stereocenters. The third-order valence-electron chi connectivity index (χ3n) is 5.93. The summed E-state index contributed by atoms with van der Waals surface area (Å²) in [4.78, 5) is 5.01. The van der Waals surface area contributed by atoms with Crippen LogP contribution in [0.4, 0.5) is 0 Å². The van der Waals surface area contributed by atoms with Gasteiger partial charge < -0.3 is 5.11 Å². The third kappa shape index (κ3) is 5.29. The molecule has 2 N–H and O–H groups in total. The van der Waals surface area contributed by atoms with E-state index in [1.165, 1.54) is 11.1 Å². The van der Waals surface area contributed by atoms with Crippen LogP contribution in [0, 0.1) is 0 Å². The van der Waals surface area contributed by atoms with Gasteiger partial charge >= 0.3 is 0 Å². The second-order valence-corrected chi connectivity index (χ2v) is 8.39. The maximum atomic E-state index is 9.61. The predicted octanol–water partition coefficient (Wildman–Crippen LogP) is 3.84. The predicted molar refractivity (Wildman–Crippen MR) is 122 cm³/mol. The van der Waals surface area contributed by atoms with Gasteiger partial charge in [0.15, 0.2) is 0 Å². The summed E-state index contributed by atoms with van der Waals surface area (Å²) in [6, 6.07) is 18.9. The Morgan fingerprint density at radius 1 is 1.07 bits per heavy atom. The SMILES string of the molecule is OCC[C@@H]1CN(Cc2cn[nH]c2-c2ccc(Cl)cc2)CCN1CCc1ccccc1. The molecule has 1 atom stereocenters. The molecule has 0 aliphatic carbocycles. The van der Waals surface area contributed by atoms with Crippen LogP contribution in [0.1, 0.15) is 17.5 Å². The lowest BCUT2D eigenvalue weighted by atomic mass is 10.0. The molecule has 0 spiro atoms. The fourth-order valence-electron chi connectivity index (χ4n) is 4.27. The van der Waals surface area contributed by atoms with Gasteiger partial charge in [-0.3, -0.25) is 14.9 Å². The van der Waals surface area contributed by atoms with Crippen molar-refractivity contribution in [2.75, 3.05) is 32.8 Å². The summed E-state index contributed by atoms with van der Waals surface area (Å²) in [7, 11) is 0. The average Bonchev–Trinajstić information content (AvgIpc) is 3.23. The minimum atomic E-state index is 0.224. The van der Waals surface area contributed by atoms with E-state index in [1.807, 2.05) is 30.5 Å². The van der Waals surface area contributed by atoms with E-state index < -0.39 is 0 Å². The lowest BCUT2D eigenvalue weighted by molar-refractivity contribution is 0.0563. The van der Waals surface area contributed by atoms with Gasteiger partial charge in [0.2, 0.25) is 0 Å². The molecule has 1 saturated heterocycles. The normalized spacial score (nSPS) is 18.0. The molecule has 0 saturated carbocycles. The molecular weight excluding hydrogens is 396 g/mol. The van der Waals surface area contributed by atoms with Gasteiger partial charge in [0.1, 0.15) is 0 Å². The molecule has 1 aliphatic heterocycles. The number of aromatic amines is 1. The van der Waals surface area contributed by atoms with Gasteiger partial charge in [0, 0.05) is 56.0 Å². The van der Waals surface area contributed by atoms with Crippen LogP contribution in [0.25, 0.3) is 11.3 Å². The third-order valence-corrected chi connectivity index (χ3v) is 6.18. The fourth-order valence-corrected chi connectivity index (χ4v) is 4.40. The molecule has 1 fully saturated rings. The van der Waals surface area contributed by atoms with Gasteiger partial charge in [-0.05, 0) is 36.1 Å². The van der Waals surface area contributed by atoms with Crippen LogP contribution in [0.15, 0.2) is 60.8 Å². The number of aliphatic hydroxyl groups is 1. The molecule has 158 valence electrons. The quantitative estimate of drug-likeness (QED) is 0.576. The molecule has 4 rings (SSSR count). The lowest BCUT2D eigenvalue weighted by Gasteiger charge is -2.41. The van der Waals surface area contributed by atoms with Crippen molar-refractivity contribution in [2.45, 2.75) is 25.4 Å². The molecule has 5 nitrogen and oxygen atoms in total. The highest BCUT2D eigenvalue weighted by Crippen LogP contribution is 2.25. The van der Waals surface area contributed by atoms with Gasteiger partial charge in [-0.1, -0.05) is 54.1 Å². The number of halogens is 1. The largest absolute Gasteiger partial charge is 0.396 e. The molecule has 6 heteroatoms. The Hall–Kier alpha value is -2.18. The standard InChI is InChI=1S/C24H29ClN4O/c25-22-8-6-20(7-9-22)24-21(16-26-27-24)17-28-13-14-29(23(18-28)11-15-30)12-10-19-4-2-1-3-5-19/h1-9,16,23,30H,10-15,17-18H2,(H,26,27)/t23-/m1/s1.